The smallest absolute Gasteiger partial charge is 0.223 e. The summed E-state index contributed by atoms with van der Waals surface area (Å²) in [5.74, 6) is 0.268. The monoisotopic (exact) mass is 228 g/mol. The van der Waals surface area contributed by atoms with Crippen LogP contribution in [0.15, 0.2) is 18.2 Å². The van der Waals surface area contributed by atoms with Crippen LogP contribution in [0.25, 0.3) is 5.69 Å². The highest BCUT2D eigenvalue weighted by molar-refractivity contribution is 5.96. The van der Waals surface area contributed by atoms with Crippen molar-refractivity contribution in [3.8, 4) is 5.69 Å². The van der Waals surface area contributed by atoms with Gasteiger partial charge >= 0.3 is 0 Å². The molecule has 0 spiro atoms. The number of carbonyl (C=O) groups excluding carboxylic acids is 1. The van der Waals surface area contributed by atoms with Crippen molar-refractivity contribution >= 4 is 5.78 Å². The Labute approximate surface area is 96.2 Å². The van der Waals surface area contributed by atoms with Gasteiger partial charge in [0.2, 0.25) is 11.6 Å². The maximum Gasteiger partial charge on any atom is 0.223 e. The fourth-order valence-corrected chi connectivity index (χ4v) is 2.17. The maximum atomic E-state index is 11.8. The van der Waals surface area contributed by atoms with Crippen molar-refractivity contribution in [2.24, 2.45) is 0 Å². The second-order valence-corrected chi connectivity index (χ2v) is 4.22. The number of aromatic nitrogens is 4. The predicted molar refractivity (Wildman–Crippen MR) is 55.9 cm³/mol. The number of hydrogen-bond acceptors (Lipinski definition) is 5. The molecule has 2 aliphatic rings. The van der Waals surface area contributed by atoms with Crippen molar-refractivity contribution in [2.45, 2.75) is 12.5 Å². The van der Waals surface area contributed by atoms with E-state index in [1.165, 1.54) is 4.68 Å². The Morgan fingerprint density at radius 3 is 3.12 bits per heavy atom. The van der Waals surface area contributed by atoms with Gasteiger partial charge in [-0.1, -0.05) is 12.1 Å². The molecule has 1 saturated heterocycles. The van der Waals surface area contributed by atoms with Gasteiger partial charge in [-0.25, -0.2) is 0 Å². The Bertz CT molecular complexity index is 630. The predicted octanol–water partition coefficient (Wildman–Crippen LogP) is 0.472. The Kier molecular flexibility index (Phi) is 1.58. The first-order chi connectivity index (χ1) is 8.33. The van der Waals surface area contributed by atoms with E-state index in [1.54, 1.807) is 0 Å². The largest absolute Gasteiger partial charge is 0.368 e. The molecule has 0 radical (unpaired) electrons. The van der Waals surface area contributed by atoms with Crippen molar-refractivity contribution in [3.63, 3.8) is 0 Å². The van der Waals surface area contributed by atoms with Crippen LogP contribution in [0.3, 0.4) is 0 Å². The summed E-state index contributed by atoms with van der Waals surface area (Å²) >= 11 is 0. The third-order valence-corrected chi connectivity index (χ3v) is 3.11. The SMILES string of the molecule is O=C1Cc2cc(C3CO3)ccc2-n2nnnc21. The highest BCUT2D eigenvalue weighted by atomic mass is 16.6. The van der Waals surface area contributed by atoms with E-state index < -0.39 is 0 Å². The molecule has 6 heteroatoms. The number of hydrogen-bond donors (Lipinski definition) is 0. The number of ketones is 1. The van der Waals surface area contributed by atoms with Crippen molar-refractivity contribution < 1.29 is 9.53 Å². The second kappa shape index (κ2) is 2.98. The number of Topliss-reactive ketones (excluding diaryl/α,β-unsaturated/α-hetero) is 1. The van der Waals surface area contributed by atoms with Gasteiger partial charge in [-0.15, -0.1) is 5.10 Å². The highest BCUT2D eigenvalue weighted by Crippen LogP contribution is 2.33. The van der Waals surface area contributed by atoms with Crippen LogP contribution < -0.4 is 0 Å². The van der Waals surface area contributed by atoms with Crippen LogP contribution in [0.1, 0.15) is 27.8 Å². The van der Waals surface area contributed by atoms with E-state index in [4.69, 9.17) is 4.74 Å². The van der Waals surface area contributed by atoms with Gasteiger partial charge < -0.3 is 4.74 Å². The molecule has 1 atom stereocenters. The van der Waals surface area contributed by atoms with Crippen LogP contribution >= 0.6 is 0 Å². The first kappa shape index (κ1) is 9.00. The zero-order chi connectivity index (χ0) is 11.4. The molecule has 17 heavy (non-hydrogen) atoms. The minimum Gasteiger partial charge on any atom is -0.368 e. The number of nitrogens with zero attached hydrogens (tertiary/aromatic N) is 4. The molecule has 0 aliphatic carbocycles. The van der Waals surface area contributed by atoms with Crippen LogP contribution in [0.5, 0.6) is 0 Å². The van der Waals surface area contributed by atoms with Gasteiger partial charge in [0, 0.05) is 6.42 Å². The van der Waals surface area contributed by atoms with Gasteiger partial charge in [0.05, 0.1) is 12.3 Å². The van der Waals surface area contributed by atoms with E-state index in [-0.39, 0.29) is 11.9 Å². The normalized spacial score (nSPS) is 20.9. The average Bonchev–Trinajstić information content (AvgIpc) is 3.06. The van der Waals surface area contributed by atoms with E-state index in [0.29, 0.717) is 12.2 Å². The van der Waals surface area contributed by atoms with E-state index in [2.05, 4.69) is 15.5 Å². The molecule has 6 nitrogen and oxygen atoms in total. The molecule has 0 saturated carbocycles. The Hall–Kier alpha value is -2.08. The number of fused-ring (bicyclic) bond motifs is 3. The zero-order valence-corrected chi connectivity index (χ0v) is 8.83. The van der Waals surface area contributed by atoms with Gasteiger partial charge in [0.25, 0.3) is 0 Å². The Morgan fingerprint density at radius 1 is 1.41 bits per heavy atom. The topological polar surface area (TPSA) is 73.2 Å². The molecular formula is C11H8N4O2. The van der Waals surface area contributed by atoms with Crippen LogP contribution in [0.2, 0.25) is 0 Å². The summed E-state index contributed by atoms with van der Waals surface area (Å²) < 4.78 is 6.73. The number of benzene rings is 1. The number of ether oxygens (including phenoxy) is 1. The summed E-state index contributed by atoms with van der Waals surface area (Å²) in [6.45, 7) is 0.767. The molecule has 84 valence electrons. The van der Waals surface area contributed by atoms with Gasteiger partial charge in [-0.2, -0.15) is 4.68 Å². The first-order valence-corrected chi connectivity index (χ1v) is 5.39. The third kappa shape index (κ3) is 1.24. The number of carbonyl (C=O) groups is 1. The van der Waals surface area contributed by atoms with Crippen molar-refractivity contribution in [3.05, 3.63) is 35.2 Å². The lowest BCUT2D eigenvalue weighted by atomic mass is 9.99. The molecular weight excluding hydrogens is 220 g/mol. The minimum absolute atomic E-state index is 0.0450. The van der Waals surface area contributed by atoms with Crippen LogP contribution in [0, 0.1) is 0 Å². The van der Waals surface area contributed by atoms with Gasteiger partial charge in [-0.05, 0) is 27.6 Å². The summed E-state index contributed by atoms with van der Waals surface area (Å²) in [6.07, 6.45) is 0.557. The lowest BCUT2D eigenvalue weighted by molar-refractivity contribution is 0.0976. The summed E-state index contributed by atoms with van der Waals surface area (Å²) in [6, 6.07) is 5.95. The van der Waals surface area contributed by atoms with Crippen molar-refractivity contribution in [2.75, 3.05) is 6.61 Å². The summed E-state index contributed by atoms with van der Waals surface area (Å²) in [5.41, 5.74) is 2.96. The lowest BCUT2D eigenvalue weighted by Crippen LogP contribution is -2.20. The molecule has 1 unspecified atom stereocenters. The summed E-state index contributed by atoms with van der Waals surface area (Å²) in [7, 11) is 0. The first-order valence-electron chi connectivity index (χ1n) is 5.39. The van der Waals surface area contributed by atoms with Crippen molar-refractivity contribution in [1.82, 2.24) is 20.2 Å². The molecule has 0 bridgehead atoms. The van der Waals surface area contributed by atoms with Crippen molar-refractivity contribution in [1.29, 1.82) is 0 Å². The molecule has 2 aromatic rings. The fraction of sp³-hybridized carbons (Fsp3) is 0.273. The molecule has 1 aromatic heterocycles. The minimum atomic E-state index is -0.0450. The summed E-state index contributed by atoms with van der Waals surface area (Å²) in [4.78, 5) is 11.8. The fourth-order valence-electron chi connectivity index (χ4n) is 2.17. The standard InChI is InChI=1S/C11H8N4O2/c16-9-4-7-3-6(10-5-17-10)1-2-8(7)15-11(9)12-13-14-15/h1-3,10H,4-5H2. The zero-order valence-electron chi connectivity index (χ0n) is 8.83. The van der Waals surface area contributed by atoms with Gasteiger partial charge in [0.1, 0.15) is 6.10 Å². The van der Waals surface area contributed by atoms with E-state index in [1.807, 2.05) is 18.2 Å². The molecule has 2 aliphatic heterocycles. The van der Waals surface area contributed by atoms with E-state index >= 15 is 0 Å². The van der Waals surface area contributed by atoms with Crippen LogP contribution in [0.4, 0.5) is 0 Å². The molecule has 3 heterocycles. The molecule has 1 aromatic carbocycles. The quantitative estimate of drug-likeness (QED) is 0.663. The molecule has 1 fully saturated rings. The van der Waals surface area contributed by atoms with Gasteiger partial charge in [-0.3, -0.25) is 4.79 Å². The second-order valence-electron chi connectivity index (χ2n) is 4.22. The van der Waals surface area contributed by atoms with Crippen LogP contribution in [-0.4, -0.2) is 32.6 Å². The Balaban J connectivity index is 1.91. The molecule has 4 rings (SSSR count). The highest BCUT2D eigenvalue weighted by Gasteiger charge is 2.29. The number of tetrazole rings is 1. The third-order valence-electron chi connectivity index (χ3n) is 3.11. The molecule has 0 amide bonds. The summed E-state index contributed by atoms with van der Waals surface area (Å²) in [5, 5.41) is 11.1. The molecule has 0 N–H and O–H groups in total. The average molecular weight is 228 g/mol. The lowest BCUT2D eigenvalue weighted by Gasteiger charge is -2.15. The number of epoxide rings is 1. The number of rotatable bonds is 1. The maximum absolute atomic E-state index is 11.8. The Morgan fingerprint density at radius 2 is 2.29 bits per heavy atom. The van der Waals surface area contributed by atoms with E-state index in [0.717, 1.165) is 23.4 Å². The van der Waals surface area contributed by atoms with E-state index in [9.17, 15) is 4.79 Å². The van der Waals surface area contributed by atoms with Crippen LogP contribution in [-0.2, 0) is 11.2 Å². The van der Waals surface area contributed by atoms with Gasteiger partial charge in [0.15, 0.2) is 0 Å².